The number of nitrogens with zero attached hydrogens (tertiary/aromatic N) is 1. The van der Waals surface area contributed by atoms with Crippen LogP contribution < -0.4 is 16.0 Å². The van der Waals surface area contributed by atoms with E-state index in [1.165, 1.54) is 19.9 Å². The van der Waals surface area contributed by atoms with Gasteiger partial charge in [-0.3, -0.25) is 24.0 Å². The first kappa shape index (κ1) is 35.7. The zero-order chi connectivity index (χ0) is 32.9. The molecule has 1 aromatic carbocycles. The van der Waals surface area contributed by atoms with Crippen molar-refractivity contribution in [2.45, 2.75) is 62.8 Å². The van der Waals surface area contributed by atoms with Crippen molar-refractivity contribution >= 4 is 41.0 Å². The predicted molar refractivity (Wildman–Crippen MR) is 135 cm³/mol. The van der Waals surface area contributed by atoms with E-state index in [2.05, 4.69) is 0 Å². The quantitative estimate of drug-likeness (QED) is 0.201. The second-order valence-electron chi connectivity index (χ2n) is 9.95. The third-order valence-electron chi connectivity index (χ3n) is 6.39. The molecule has 18 heteroatoms. The molecule has 0 spiro atoms. The monoisotopic (exact) mass is 648 g/mol. The van der Waals surface area contributed by atoms with Gasteiger partial charge in [-0.1, -0.05) is 37.6 Å². The summed E-state index contributed by atoms with van der Waals surface area (Å²) in [5.74, 6) is -19.4. The molecule has 0 radical (unpaired) electrons. The van der Waals surface area contributed by atoms with E-state index in [0.29, 0.717) is 0 Å². The molecular weight excluding hydrogens is 621 g/mol. The van der Waals surface area contributed by atoms with Crippen molar-refractivity contribution in [3.63, 3.8) is 0 Å². The molecule has 2 rings (SSSR count). The van der Waals surface area contributed by atoms with Crippen LogP contribution in [0, 0.1) is 5.92 Å². The summed E-state index contributed by atoms with van der Waals surface area (Å²) in [4.78, 5) is 63.4. The molecule has 4 amide bonds. The summed E-state index contributed by atoms with van der Waals surface area (Å²) in [6.45, 7) is -1.11. The number of hydrogen-bond acceptors (Lipinski definition) is 6. The predicted octanol–water partition coefficient (Wildman–Crippen LogP) is 1.92. The number of alkyl halides is 7. The van der Waals surface area contributed by atoms with Crippen LogP contribution in [0.25, 0.3) is 0 Å². The average Bonchev–Trinajstić information content (AvgIpc) is 3.41. The van der Waals surface area contributed by atoms with Crippen molar-refractivity contribution in [3.8, 4) is 0 Å². The van der Waals surface area contributed by atoms with Gasteiger partial charge in [0.2, 0.25) is 17.6 Å². The van der Waals surface area contributed by atoms with Gasteiger partial charge in [0.25, 0.3) is 11.8 Å². The fourth-order valence-corrected chi connectivity index (χ4v) is 4.33. The van der Waals surface area contributed by atoms with E-state index < -0.39 is 90.2 Å². The van der Waals surface area contributed by atoms with Crippen LogP contribution >= 0.6 is 11.6 Å². The number of aliphatic hydroxyl groups is 1. The number of benzene rings is 1. The summed E-state index contributed by atoms with van der Waals surface area (Å²) in [7, 11) is 0. The van der Waals surface area contributed by atoms with E-state index in [0.717, 1.165) is 28.4 Å². The molecule has 3 atom stereocenters. The number of amides is 4. The van der Waals surface area contributed by atoms with Gasteiger partial charge in [0.05, 0.1) is 12.6 Å². The maximum Gasteiger partial charge on any atom is 0.405 e. The highest BCUT2D eigenvalue weighted by molar-refractivity contribution is 6.30. The molecule has 1 aliphatic heterocycles. The number of carbonyl (C=O) groups is 5. The molecule has 240 valence electrons. The van der Waals surface area contributed by atoms with Gasteiger partial charge in [0.1, 0.15) is 18.6 Å². The first-order valence-electron chi connectivity index (χ1n) is 12.7. The van der Waals surface area contributed by atoms with Crippen molar-refractivity contribution in [1.29, 1.82) is 0 Å². The molecule has 0 aromatic heterocycles. The minimum absolute atomic E-state index is 0.107. The summed E-state index contributed by atoms with van der Waals surface area (Å²) in [5, 5.41) is 14.2. The van der Waals surface area contributed by atoms with Gasteiger partial charge in [-0.2, -0.15) is 30.7 Å². The summed E-state index contributed by atoms with van der Waals surface area (Å²) >= 11 is 5.69. The molecule has 0 aliphatic carbocycles. The molecule has 0 bridgehead atoms. The summed E-state index contributed by atoms with van der Waals surface area (Å²) in [5.41, 5.74) is -0.812. The van der Waals surface area contributed by atoms with Gasteiger partial charge >= 0.3 is 18.0 Å². The number of halogens is 8. The summed E-state index contributed by atoms with van der Waals surface area (Å²) in [6.07, 6.45) is -5.02. The van der Waals surface area contributed by atoms with Gasteiger partial charge in [-0.05, 0) is 30.9 Å². The SMILES string of the molecule is CC(C)C(NC(=O)[C@@H]1CCCN1C(=O)[C@H](CO)NC(=O)C(F)(F)c1cccc(Cl)c1)C(=O)C(F)(F)C(=O)NCC(F)(F)F. The summed E-state index contributed by atoms with van der Waals surface area (Å²) in [6, 6.07) is -1.39. The third-order valence-corrected chi connectivity index (χ3v) is 6.62. The molecule has 0 saturated carbocycles. The highest BCUT2D eigenvalue weighted by Gasteiger charge is 2.52. The molecule has 1 unspecified atom stereocenters. The Kier molecular flexibility index (Phi) is 11.5. The lowest BCUT2D eigenvalue weighted by Crippen LogP contribution is -2.60. The van der Waals surface area contributed by atoms with Crippen LogP contribution in [0.4, 0.5) is 30.7 Å². The van der Waals surface area contributed by atoms with Gasteiger partial charge < -0.3 is 26.0 Å². The molecule has 4 N–H and O–H groups in total. The maximum atomic E-state index is 14.7. The lowest BCUT2D eigenvalue weighted by atomic mass is 9.94. The van der Waals surface area contributed by atoms with Crippen LogP contribution in [0.3, 0.4) is 0 Å². The molecule has 1 heterocycles. The Balaban J connectivity index is 2.18. The smallest absolute Gasteiger partial charge is 0.394 e. The van der Waals surface area contributed by atoms with Crippen molar-refractivity contribution in [1.82, 2.24) is 20.9 Å². The Morgan fingerprint density at radius 1 is 1.02 bits per heavy atom. The number of ketones is 1. The number of rotatable bonds is 12. The molecular formula is C25H28ClF7N4O6. The van der Waals surface area contributed by atoms with Crippen LogP contribution in [-0.2, 0) is 29.9 Å². The second-order valence-corrected chi connectivity index (χ2v) is 10.4. The Bertz CT molecular complexity index is 1230. The number of carbonyl (C=O) groups excluding carboxylic acids is 5. The van der Waals surface area contributed by atoms with E-state index in [9.17, 15) is 59.8 Å². The molecule has 43 heavy (non-hydrogen) atoms. The van der Waals surface area contributed by atoms with E-state index in [1.807, 2.05) is 5.32 Å². The highest BCUT2D eigenvalue weighted by Crippen LogP contribution is 2.30. The minimum atomic E-state index is -5.05. The standard InChI is InChI=1S/C25H28ClF7N4O6/c1-12(2)17(18(39)25(32,33)21(42)34-11-23(27,28)29)36-19(40)16-7-4-8-37(16)20(41)15(10-38)35-22(43)24(30,31)13-5-3-6-14(26)9-13/h3,5-6,9,12,15-17,38H,4,7-8,10-11H2,1-2H3,(H,34,42)(H,35,43)(H,36,40)/t15-,16-,17?/m0/s1. The van der Waals surface area contributed by atoms with Crippen molar-refractivity contribution in [2.24, 2.45) is 5.92 Å². The highest BCUT2D eigenvalue weighted by atomic mass is 35.5. The van der Waals surface area contributed by atoms with E-state index in [1.54, 1.807) is 5.32 Å². The fraction of sp³-hybridized carbons (Fsp3) is 0.560. The van der Waals surface area contributed by atoms with Gasteiger partial charge in [-0.25, -0.2) is 0 Å². The van der Waals surface area contributed by atoms with Gasteiger partial charge in [-0.15, -0.1) is 0 Å². The van der Waals surface area contributed by atoms with Crippen molar-refractivity contribution in [3.05, 3.63) is 34.9 Å². The van der Waals surface area contributed by atoms with Gasteiger partial charge in [0.15, 0.2) is 0 Å². The van der Waals surface area contributed by atoms with Crippen molar-refractivity contribution in [2.75, 3.05) is 19.7 Å². The fourth-order valence-electron chi connectivity index (χ4n) is 4.14. The summed E-state index contributed by atoms with van der Waals surface area (Å²) < 4.78 is 95.3. The Morgan fingerprint density at radius 3 is 2.19 bits per heavy atom. The topological polar surface area (TPSA) is 145 Å². The number of nitrogens with one attached hydrogen (secondary N) is 3. The first-order valence-corrected chi connectivity index (χ1v) is 13.1. The van der Waals surface area contributed by atoms with E-state index >= 15 is 0 Å². The second kappa shape index (κ2) is 13.9. The zero-order valence-electron chi connectivity index (χ0n) is 22.6. The molecule has 10 nitrogen and oxygen atoms in total. The lowest BCUT2D eigenvalue weighted by Gasteiger charge is -2.31. The van der Waals surface area contributed by atoms with Crippen LogP contribution in [0.5, 0.6) is 0 Å². The molecule has 1 aliphatic rings. The molecule has 1 fully saturated rings. The van der Waals surface area contributed by atoms with Crippen LogP contribution in [0.2, 0.25) is 5.02 Å². The van der Waals surface area contributed by atoms with Gasteiger partial charge in [0, 0.05) is 17.1 Å². The first-order chi connectivity index (χ1) is 19.7. The average molecular weight is 649 g/mol. The zero-order valence-corrected chi connectivity index (χ0v) is 23.4. The van der Waals surface area contributed by atoms with Crippen LogP contribution in [0.1, 0.15) is 32.3 Å². The Morgan fingerprint density at radius 2 is 1.65 bits per heavy atom. The normalized spacial score (nSPS) is 17.3. The number of aliphatic hydroxyl groups excluding tert-OH is 1. The van der Waals surface area contributed by atoms with E-state index in [-0.39, 0.29) is 24.4 Å². The largest absolute Gasteiger partial charge is 0.405 e. The third kappa shape index (κ3) is 8.78. The maximum absolute atomic E-state index is 14.7. The van der Waals surface area contributed by atoms with Crippen molar-refractivity contribution < 1.29 is 59.8 Å². The Labute approximate surface area is 245 Å². The van der Waals surface area contributed by atoms with E-state index in [4.69, 9.17) is 11.6 Å². The molecule has 1 aromatic rings. The minimum Gasteiger partial charge on any atom is -0.394 e. The van der Waals surface area contributed by atoms with Crippen LogP contribution in [-0.4, -0.2) is 89.3 Å². The molecule has 1 saturated heterocycles. The number of likely N-dealkylation sites (tertiary alicyclic amines) is 1. The number of Topliss-reactive ketones (excluding diaryl/α,β-unsaturated/α-hetero) is 1. The van der Waals surface area contributed by atoms with Crippen LogP contribution in [0.15, 0.2) is 24.3 Å². The Hall–Kier alpha value is -3.47. The number of hydrogen-bond donors (Lipinski definition) is 4. The lowest BCUT2D eigenvalue weighted by molar-refractivity contribution is -0.165.